The van der Waals surface area contributed by atoms with Crippen LogP contribution < -0.4 is 0 Å². The summed E-state index contributed by atoms with van der Waals surface area (Å²) < 4.78 is 0. The molecule has 1 aliphatic rings. The van der Waals surface area contributed by atoms with E-state index >= 15 is 0 Å². The van der Waals surface area contributed by atoms with Gasteiger partial charge in [-0.05, 0) is 13.8 Å². The number of Topliss-reactive ketones (excluding diaryl/α,β-unsaturated/α-hetero) is 1. The topological polar surface area (TPSA) is 32.7 Å². The standard InChI is InChI=1S/C6H10N2O/c1-5(2)8-4-6(9)3-7-8/h3,5H,4H2,1-2H3. The lowest BCUT2D eigenvalue weighted by molar-refractivity contribution is -0.112. The van der Waals surface area contributed by atoms with Gasteiger partial charge in [-0.1, -0.05) is 0 Å². The zero-order chi connectivity index (χ0) is 6.85. The van der Waals surface area contributed by atoms with Gasteiger partial charge >= 0.3 is 0 Å². The third-order valence-corrected chi connectivity index (χ3v) is 1.26. The largest absolute Gasteiger partial charge is 0.291 e. The zero-order valence-electron chi connectivity index (χ0n) is 5.66. The van der Waals surface area contributed by atoms with Crippen molar-refractivity contribution in [2.75, 3.05) is 6.54 Å². The Morgan fingerprint density at radius 1 is 1.78 bits per heavy atom. The second kappa shape index (κ2) is 2.17. The van der Waals surface area contributed by atoms with Crippen molar-refractivity contribution in [2.24, 2.45) is 5.10 Å². The van der Waals surface area contributed by atoms with E-state index in [0.29, 0.717) is 12.6 Å². The summed E-state index contributed by atoms with van der Waals surface area (Å²) in [5, 5.41) is 5.64. The minimum absolute atomic E-state index is 0.101. The lowest BCUT2D eigenvalue weighted by Crippen LogP contribution is -2.25. The Hall–Kier alpha value is -0.860. The number of ketones is 1. The smallest absolute Gasteiger partial charge is 0.196 e. The van der Waals surface area contributed by atoms with Crippen LogP contribution in [0.5, 0.6) is 0 Å². The molecule has 3 heteroatoms. The van der Waals surface area contributed by atoms with E-state index < -0.39 is 0 Å². The van der Waals surface area contributed by atoms with Gasteiger partial charge in [0, 0.05) is 6.04 Å². The van der Waals surface area contributed by atoms with Crippen LogP contribution in [0.25, 0.3) is 0 Å². The van der Waals surface area contributed by atoms with E-state index in [0.717, 1.165) is 0 Å². The number of hydrogen-bond donors (Lipinski definition) is 0. The summed E-state index contributed by atoms with van der Waals surface area (Å²) in [7, 11) is 0. The minimum Gasteiger partial charge on any atom is -0.291 e. The van der Waals surface area contributed by atoms with Gasteiger partial charge in [0.2, 0.25) is 0 Å². The van der Waals surface area contributed by atoms with Gasteiger partial charge in [0.15, 0.2) is 5.78 Å². The molecule has 0 atom stereocenters. The number of hydrogen-bond acceptors (Lipinski definition) is 3. The lowest BCUT2D eigenvalue weighted by Gasteiger charge is -2.16. The second-order valence-electron chi connectivity index (χ2n) is 2.40. The summed E-state index contributed by atoms with van der Waals surface area (Å²) in [4.78, 5) is 10.6. The third kappa shape index (κ3) is 1.28. The van der Waals surface area contributed by atoms with E-state index in [1.165, 1.54) is 6.21 Å². The number of hydrazone groups is 1. The molecule has 0 aliphatic carbocycles. The summed E-state index contributed by atoms with van der Waals surface area (Å²) in [6.45, 7) is 4.48. The van der Waals surface area contributed by atoms with Gasteiger partial charge in [0.25, 0.3) is 0 Å². The van der Waals surface area contributed by atoms with Crippen molar-refractivity contribution in [3.63, 3.8) is 0 Å². The summed E-state index contributed by atoms with van der Waals surface area (Å²) >= 11 is 0. The van der Waals surface area contributed by atoms with Crippen LogP contribution in [0.1, 0.15) is 13.8 Å². The highest BCUT2D eigenvalue weighted by atomic mass is 16.1. The van der Waals surface area contributed by atoms with Crippen LogP contribution in [0.15, 0.2) is 5.10 Å². The van der Waals surface area contributed by atoms with Gasteiger partial charge < -0.3 is 0 Å². The monoisotopic (exact) mass is 126 g/mol. The number of carbonyl (C=O) groups excluding carboxylic acids is 1. The summed E-state index contributed by atoms with van der Waals surface area (Å²) in [5.74, 6) is 0.101. The average molecular weight is 126 g/mol. The minimum atomic E-state index is 0.101. The van der Waals surface area contributed by atoms with Crippen LogP contribution >= 0.6 is 0 Å². The van der Waals surface area contributed by atoms with Crippen molar-refractivity contribution in [1.29, 1.82) is 0 Å². The van der Waals surface area contributed by atoms with Gasteiger partial charge in [-0.3, -0.25) is 9.80 Å². The molecular formula is C6H10N2O. The Labute approximate surface area is 54.3 Å². The third-order valence-electron chi connectivity index (χ3n) is 1.26. The molecule has 0 unspecified atom stereocenters. The zero-order valence-corrected chi connectivity index (χ0v) is 5.66. The highest BCUT2D eigenvalue weighted by molar-refractivity contribution is 6.29. The Balaban J connectivity index is 2.50. The van der Waals surface area contributed by atoms with Gasteiger partial charge in [0.1, 0.15) is 6.54 Å². The van der Waals surface area contributed by atoms with Gasteiger partial charge in [0.05, 0.1) is 6.21 Å². The first-order valence-corrected chi connectivity index (χ1v) is 3.03. The molecule has 0 amide bonds. The number of carbonyl (C=O) groups is 1. The molecule has 9 heavy (non-hydrogen) atoms. The summed E-state index contributed by atoms with van der Waals surface area (Å²) in [5.41, 5.74) is 0. The van der Waals surface area contributed by atoms with Gasteiger partial charge in [-0.2, -0.15) is 5.10 Å². The lowest BCUT2D eigenvalue weighted by atomic mass is 10.3. The molecule has 0 aromatic carbocycles. The van der Waals surface area contributed by atoms with Crippen LogP contribution in [-0.4, -0.2) is 29.6 Å². The van der Waals surface area contributed by atoms with Gasteiger partial charge in [-0.15, -0.1) is 0 Å². The Bertz CT molecular complexity index is 151. The fourth-order valence-electron chi connectivity index (χ4n) is 0.696. The normalized spacial score (nSPS) is 18.1. The molecule has 1 rings (SSSR count). The number of nitrogens with zero attached hydrogens (tertiary/aromatic N) is 2. The molecule has 0 saturated heterocycles. The molecule has 0 fully saturated rings. The maximum atomic E-state index is 10.6. The predicted octanol–water partition coefficient (Wildman–Crippen LogP) is 0.265. The van der Waals surface area contributed by atoms with Crippen LogP contribution in [-0.2, 0) is 4.79 Å². The second-order valence-corrected chi connectivity index (χ2v) is 2.40. The fourth-order valence-corrected chi connectivity index (χ4v) is 0.696. The first-order valence-electron chi connectivity index (χ1n) is 3.03. The number of rotatable bonds is 1. The molecule has 0 aromatic rings. The van der Waals surface area contributed by atoms with Crippen LogP contribution in [0.4, 0.5) is 0 Å². The van der Waals surface area contributed by atoms with E-state index in [1.54, 1.807) is 5.01 Å². The molecule has 0 spiro atoms. The van der Waals surface area contributed by atoms with Crippen molar-refractivity contribution in [3.8, 4) is 0 Å². The Morgan fingerprint density at radius 3 is 2.67 bits per heavy atom. The first kappa shape index (κ1) is 6.26. The summed E-state index contributed by atoms with van der Waals surface area (Å²) in [6, 6.07) is 0.340. The van der Waals surface area contributed by atoms with E-state index in [9.17, 15) is 4.79 Å². The molecule has 3 nitrogen and oxygen atoms in total. The molecule has 0 aromatic heterocycles. The quantitative estimate of drug-likeness (QED) is 0.505. The first-order chi connectivity index (χ1) is 4.20. The Kier molecular flexibility index (Phi) is 1.51. The van der Waals surface area contributed by atoms with Crippen molar-refractivity contribution < 1.29 is 4.79 Å². The van der Waals surface area contributed by atoms with Crippen LogP contribution in [0.2, 0.25) is 0 Å². The molecule has 1 aliphatic heterocycles. The fraction of sp³-hybridized carbons (Fsp3) is 0.667. The maximum absolute atomic E-state index is 10.6. The van der Waals surface area contributed by atoms with Crippen LogP contribution in [0.3, 0.4) is 0 Å². The predicted molar refractivity (Wildman–Crippen MR) is 35.3 cm³/mol. The van der Waals surface area contributed by atoms with Crippen LogP contribution in [0, 0.1) is 0 Å². The Morgan fingerprint density at radius 2 is 2.44 bits per heavy atom. The highest BCUT2D eigenvalue weighted by Crippen LogP contribution is 2.01. The van der Waals surface area contributed by atoms with E-state index in [4.69, 9.17) is 0 Å². The average Bonchev–Trinajstić information content (AvgIpc) is 2.14. The van der Waals surface area contributed by atoms with E-state index in [2.05, 4.69) is 5.10 Å². The molecular weight excluding hydrogens is 116 g/mol. The molecule has 0 saturated carbocycles. The maximum Gasteiger partial charge on any atom is 0.196 e. The molecule has 1 heterocycles. The molecule has 0 bridgehead atoms. The van der Waals surface area contributed by atoms with Crippen molar-refractivity contribution in [1.82, 2.24) is 5.01 Å². The molecule has 0 radical (unpaired) electrons. The van der Waals surface area contributed by atoms with Gasteiger partial charge in [-0.25, -0.2) is 0 Å². The molecule has 0 N–H and O–H groups in total. The molecule has 50 valence electrons. The summed E-state index contributed by atoms with van der Waals surface area (Å²) in [6.07, 6.45) is 1.38. The van der Waals surface area contributed by atoms with Crippen molar-refractivity contribution in [2.45, 2.75) is 19.9 Å². The van der Waals surface area contributed by atoms with E-state index in [1.807, 2.05) is 13.8 Å². The van der Waals surface area contributed by atoms with E-state index in [-0.39, 0.29) is 5.78 Å². The highest BCUT2D eigenvalue weighted by Gasteiger charge is 2.15. The SMILES string of the molecule is CC(C)N1CC(=O)C=N1. The van der Waals surface area contributed by atoms with Crippen molar-refractivity contribution >= 4 is 12.0 Å². The van der Waals surface area contributed by atoms with Crippen molar-refractivity contribution in [3.05, 3.63) is 0 Å².